The van der Waals surface area contributed by atoms with Gasteiger partial charge in [0.2, 0.25) is 5.91 Å². The van der Waals surface area contributed by atoms with E-state index in [4.69, 9.17) is 5.11 Å². The van der Waals surface area contributed by atoms with E-state index in [0.29, 0.717) is 6.54 Å². The molecule has 4 heteroatoms. The Morgan fingerprint density at radius 2 is 2.18 bits per heavy atom. The van der Waals surface area contributed by atoms with Crippen LogP contribution in [0, 0.1) is 0 Å². The molecule has 0 aliphatic heterocycles. The molecular formula is C7H16N2O2. The zero-order valence-corrected chi connectivity index (χ0v) is 7.05. The lowest BCUT2D eigenvalue weighted by atomic mass is 10.4. The van der Waals surface area contributed by atoms with Crippen LogP contribution in [-0.2, 0) is 4.79 Å². The lowest BCUT2D eigenvalue weighted by molar-refractivity contribution is -0.120. The first-order valence-corrected chi connectivity index (χ1v) is 3.77. The van der Waals surface area contributed by atoms with Gasteiger partial charge < -0.3 is 15.7 Å². The predicted molar refractivity (Wildman–Crippen MR) is 43.2 cm³/mol. The van der Waals surface area contributed by atoms with E-state index in [1.54, 1.807) is 0 Å². The maximum Gasteiger partial charge on any atom is 0.234 e. The maximum absolute atomic E-state index is 10.9. The molecule has 0 heterocycles. The first kappa shape index (κ1) is 10.4. The molecule has 0 aliphatic rings. The second-order valence-corrected chi connectivity index (χ2v) is 2.62. The first-order valence-electron chi connectivity index (χ1n) is 3.77. The van der Waals surface area contributed by atoms with Crippen molar-refractivity contribution in [1.82, 2.24) is 10.6 Å². The molecule has 0 bridgehead atoms. The molecule has 0 aromatic heterocycles. The van der Waals surface area contributed by atoms with E-state index in [1.165, 1.54) is 0 Å². The minimum atomic E-state index is -0.0338. The number of carbonyl (C=O) groups is 1. The van der Waals surface area contributed by atoms with Crippen molar-refractivity contribution in [3.05, 3.63) is 0 Å². The van der Waals surface area contributed by atoms with Crippen LogP contribution in [0.1, 0.15) is 13.8 Å². The summed E-state index contributed by atoms with van der Waals surface area (Å²) >= 11 is 0. The molecule has 1 amide bonds. The summed E-state index contributed by atoms with van der Waals surface area (Å²) in [6.45, 7) is 4.62. The van der Waals surface area contributed by atoms with Crippen molar-refractivity contribution >= 4 is 5.91 Å². The van der Waals surface area contributed by atoms with Crippen molar-refractivity contribution < 1.29 is 9.90 Å². The quantitative estimate of drug-likeness (QED) is 0.456. The van der Waals surface area contributed by atoms with Gasteiger partial charge in [0.05, 0.1) is 13.2 Å². The molecular weight excluding hydrogens is 144 g/mol. The minimum Gasteiger partial charge on any atom is -0.395 e. The number of aliphatic hydroxyl groups is 1. The molecule has 0 spiro atoms. The summed E-state index contributed by atoms with van der Waals surface area (Å²) in [5.74, 6) is -0.0338. The first-order chi connectivity index (χ1) is 5.16. The number of hydrogen-bond donors (Lipinski definition) is 3. The molecule has 0 rings (SSSR count). The van der Waals surface area contributed by atoms with E-state index in [1.807, 2.05) is 13.8 Å². The Kier molecular flexibility index (Phi) is 5.78. The fourth-order valence-electron chi connectivity index (χ4n) is 0.654. The molecule has 0 unspecified atom stereocenters. The Balaban J connectivity index is 3.23. The van der Waals surface area contributed by atoms with Crippen molar-refractivity contribution in [3.63, 3.8) is 0 Å². The molecule has 66 valence electrons. The van der Waals surface area contributed by atoms with Crippen LogP contribution in [0.5, 0.6) is 0 Å². The van der Waals surface area contributed by atoms with Crippen molar-refractivity contribution in [2.75, 3.05) is 19.7 Å². The summed E-state index contributed by atoms with van der Waals surface area (Å²) in [7, 11) is 0. The molecule has 0 aromatic rings. The summed E-state index contributed by atoms with van der Waals surface area (Å²) in [6, 6.07) is 0.179. The maximum atomic E-state index is 10.9. The monoisotopic (exact) mass is 160 g/mol. The highest BCUT2D eigenvalue weighted by Crippen LogP contribution is 1.74. The van der Waals surface area contributed by atoms with Crippen LogP contribution >= 0.6 is 0 Å². The van der Waals surface area contributed by atoms with Crippen LogP contribution in [0.15, 0.2) is 0 Å². The van der Waals surface area contributed by atoms with Gasteiger partial charge in [-0.15, -0.1) is 0 Å². The van der Waals surface area contributed by atoms with E-state index in [2.05, 4.69) is 10.6 Å². The van der Waals surface area contributed by atoms with E-state index in [0.717, 1.165) is 0 Å². The van der Waals surface area contributed by atoms with Crippen LogP contribution < -0.4 is 10.6 Å². The van der Waals surface area contributed by atoms with Crippen molar-refractivity contribution in [2.45, 2.75) is 19.9 Å². The Hall–Kier alpha value is -0.610. The van der Waals surface area contributed by atoms with Gasteiger partial charge in [0.25, 0.3) is 0 Å². The van der Waals surface area contributed by atoms with Gasteiger partial charge in [-0.2, -0.15) is 0 Å². The largest absolute Gasteiger partial charge is 0.395 e. The van der Waals surface area contributed by atoms with Gasteiger partial charge in [-0.05, 0) is 13.8 Å². The number of aliphatic hydroxyl groups excluding tert-OH is 1. The van der Waals surface area contributed by atoms with Gasteiger partial charge in [0, 0.05) is 12.6 Å². The van der Waals surface area contributed by atoms with Crippen molar-refractivity contribution in [1.29, 1.82) is 0 Å². The van der Waals surface area contributed by atoms with Crippen LogP contribution in [0.2, 0.25) is 0 Å². The van der Waals surface area contributed by atoms with Crippen LogP contribution in [0.3, 0.4) is 0 Å². The average Bonchev–Trinajstić information content (AvgIpc) is 1.86. The number of carbonyl (C=O) groups excluding carboxylic acids is 1. The van der Waals surface area contributed by atoms with Crippen LogP contribution in [0.4, 0.5) is 0 Å². The Morgan fingerprint density at radius 1 is 1.55 bits per heavy atom. The highest BCUT2D eigenvalue weighted by atomic mass is 16.3. The summed E-state index contributed by atoms with van der Waals surface area (Å²) in [5, 5.41) is 13.9. The van der Waals surface area contributed by atoms with Gasteiger partial charge in [-0.1, -0.05) is 0 Å². The lowest BCUT2D eigenvalue weighted by Gasteiger charge is -2.07. The van der Waals surface area contributed by atoms with Crippen LogP contribution in [0.25, 0.3) is 0 Å². The van der Waals surface area contributed by atoms with Gasteiger partial charge in [0.1, 0.15) is 0 Å². The number of nitrogens with one attached hydrogen (secondary N) is 2. The number of hydrogen-bond acceptors (Lipinski definition) is 3. The lowest BCUT2D eigenvalue weighted by Crippen LogP contribution is -2.38. The minimum absolute atomic E-state index is 0.0338. The Labute approximate surface area is 67.0 Å². The third-order valence-corrected chi connectivity index (χ3v) is 1.02. The Bertz CT molecular complexity index is 115. The highest BCUT2D eigenvalue weighted by Gasteiger charge is 2.00. The SMILES string of the molecule is CC(C)NC(=O)CNCCO. The molecule has 0 radical (unpaired) electrons. The molecule has 0 saturated carbocycles. The summed E-state index contributed by atoms with van der Waals surface area (Å²) in [6.07, 6.45) is 0. The van der Waals surface area contributed by atoms with Crippen LogP contribution in [-0.4, -0.2) is 36.8 Å². The molecule has 4 nitrogen and oxygen atoms in total. The predicted octanol–water partition coefficient (Wildman–Crippen LogP) is -0.907. The summed E-state index contributed by atoms with van der Waals surface area (Å²) in [4.78, 5) is 10.9. The van der Waals surface area contributed by atoms with E-state index in [-0.39, 0.29) is 25.1 Å². The Morgan fingerprint density at radius 3 is 2.64 bits per heavy atom. The molecule has 0 atom stereocenters. The molecule has 3 N–H and O–H groups in total. The van der Waals surface area contributed by atoms with Crippen molar-refractivity contribution in [2.24, 2.45) is 0 Å². The van der Waals surface area contributed by atoms with E-state index in [9.17, 15) is 4.79 Å². The zero-order chi connectivity index (χ0) is 8.69. The molecule has 0 saturated heterocycles. The molecule has 0 aliphatic carbocycles. The van der Waals surface area contributed by atoms with E-state index >= 15 is 0 Å². The normalized spacial score (nSPS) is 10.2. The number of rotatable bonds is 5. The average molecular weight is 160 g/mol. The van der Waals surface area contributed by atoms with Gasteiger partial charge >= 0.3 is 0 Å². The number of amides is 1. The fraction of sp³-hybridized carbons (Fsp3) is 0.857. The second-order valence-electron chi connectivity index (χ2n) is 2.62. The zero-order valence-electron chi connectivity index (χ0n) is 7.05. The summed E-state index contributed by atoms with van der Waals surface area (Å²) in [5.41, 5.74) is 0. The fourth-order valence-corrected chi connectivity index (χ4v) is 0.654. The van der Waals surface area contributed by atoms with E-state index < -0.39 is 0 Å². The third kappa shape index (κ3) is 7.29. The third-order valence-electron chi connectivity index (χ3n) is 1.02. The van der Waals surface area contributed by atoms with Gasteiger partial charge in [0.15, 0.2) is 0 Å². The summed E-state index contributed by atoms with van der Waals surface area (Å²) < 4.78 is 0. The smallest absolute Gasteiger partial charge is 0.234 e. The van der Waals surface area contributed by atoms with Gasteiger partial charge in [-0.3, -0.25) is 4.79 Å². The topological polar surface area (TPSA) is 61.4 Å². The molecule has 0 fully saturated rings. The molecule has 11 heavy (non-hydrogen) atoms. The standard InChI is InChI=1S/C7H16N2O2/c1-6(2)9-7(11)5-8-3-4-10/h6,8,10H,3-5H2,1-2H3,(H,9,11). The highest BCUT2D eigenvalue weighted by molar-refractivity contribution is 5.78. The molecule has 0 aromatic carbocycles. The van der Waals surface area contributed by atoms with Gasteiger partial charge in [-0.25, -0.2) is 0 Å². The second kappa shape index (κ2) is 6.12. The van der Waals surface area contributed by atoms with Crippen molar-refractivity contribution in [3.8, 4) is 0 Å².